The predicted octanol–water partition coefficient (Wildman–Crippen LogP) is 2.79. The van der Waals surface area contributed by atoms with Gasteiger partial charge in [-0.25, -0.2) is 0 Å². The molecule has 0 saturated carbocycles. The summed E-state index contributed by atoms with van der Waals surface area (Å²) in [5.41, 5.74) is 2.76. The molecule has 3 heteroatoms. The van der Waals surface area contributed by atoms with E-state index in [9.17, 15) is 0 Å². The summed E-state index contributed by atoms with van der Waals surface area (Å²) >= 11 is 0. The van der Waals surface area contributed by atoms with Crippen LogP contribution in [0.5, 0.6) is 0 Å². The van der Waals surface area contributed by atoms with E-state index in [1.807, 2.05) is 0 Å². The lowest BCUT2D eigenvalue weighted by Gasteiger charge is -2.32. The Kier molecular flexibility index (Phi) is 3.63. The minimum Gasteiger partial charge on any atom is -0.368 e. The quantitative estimate of drug-likeness (QED) is 0.925. The van der Waals surface area contributed by atoms with Crippen LogP contribution in [0.2, 0.25) is 0 Å². The first kappa shape index (κ1) is 15.0. The first-order chi connectivity index (χ1) is 9.83. The van der Waals surface area contributed by atoms with Gasteiger partial charge in [-0.15, -0.1) is 0 Å². The lowest BCUT2D eigenvalue weighted by atomic mass is 9.82. The van der Waals surface area contributed by atoms with Gasteiger partial charge >= 0.3 is 0 Å². The number of nitrogens with zero attached hydrogens (tertiary/aromatic N) is 1. The van der Waals surface area contributed by atoms with Crippen molar-refractivity contribution >= 4 is 0 Å². The topological polar surface area (TPSA) is 24.5 Å². The van der Waals surface area contributed by atoms with E-state index in [2.05, 4.69) is 69.2 Å². The Morgan fingerprint density at radius 1 is 1.10 bits per heavy atom. The van der Waals surface area contributed by atoms with Gasteiger partial charge in [-0.05, 0) is 45.9 Å². The number of ether oxygens (including phenoxy) is 1. The Hall–Kier alpha value is -0.900. The van der Waals surface area contributed by atoms with E-state index in [1.54, 1.807) is 0 Å². The Morgan fingerprint density at radius 2 is 1.67 bits per heavy atom. The van der Waals surface area contributed by atoms with Crippen LogP contribution in [0.25, 0.3) is 0 Å². The van der Waals surface area contributed by atoms with Crippen LogP contribution < -0.4 is 5.32 Å². The van der Waals surface area contributed by atoms with Crippen molar-refractivity contribution < 1.29 is 4.74 Å². The number of likely N-dealkylation sites (N-methyl/N-ethyl adjacent to an activating group) is 1. The van der Waals surface area contributed by atoms with Crippen molar-refractivity contribution in [1.82, 2.24) is 10.2 Å². The Bertz CT molecular complexity index is 499. The number of nitrogens with one attached hydrogen (secondary N) is 1. The van der Waals surface area contributed by atoms with Crippen molar-refractivity contribution in [3.05, 3.63) is 35.4 Å². The highest BCUT2D eigenvalue weighted by Crippen LogP contribution is 2.43. The second-order valence-electron chi connectivity index (χ2n) is 7.62. The molecule has 0 spiro atoms. The number of fused-ring (bicyclic) bond motifs is 1. The summed E-state index contributed by atoms with van der Waals surface area (Å²) in [4.78, 5) is 2.56. The Morgan fingerprint density at radius 3 is 2.19 bits per heavy atom. The highest BCUT2D eigenvalue weighted by molar-refractivity contribution is 5.30. The van der Waals surface area contributed by atoms with Crippen molar-refractivity contribution in [2.45, 2.75) is 58.0 Å². The first-order valence-corrected chi connectivity index (χ1v) is 8.00. The van der Waals surface area contributed by atoms with Crippen LogP contribution in [-0.4, -0.2) is 35.7 Å². The van der Waals surface area contributed by atoms with Crippen molar-refractivity contribution in [1.29, 1.82) is 0 Å². The molecule has 2 heterocycles. The normalized spacial score (nSPS) is 30.5. The molecule has 116 valence electrons. The average Bonchev–Trinajstić information content (AvgIpc) is 2.85. The molecular formula is C18H28N2O. The van der Waals surface area contributed by atoms with Crippen LogP contribution in [0.3, 0.4) is 0 Å². The van der Waals surface area contributed by atoms with E-state index in [-0.39, 0.29) is 11.2 Å². The molecule has 2 atom stereocenters. The number of benzene rings is 1. The molecule has 0 aromatic heterocycles. The van der Waals surface area contributed by atoms with Crippen molar-refractivity contribution in [2.75, 3.05) is 13.6 Å². The Labute approximate surface area is 128 Å². The van der Waals surface area contributed by atoms with Gasteiger partial charge in [-0.2, -0.15) is 0 Å². The SMILES string of the molecule is CNC1C(CN2Cc3ccccc3C2)C(C)(C)OC1(C)C. The lowest BCUT2D eigenvalue weighted by molar-refractivity contribution is -0.0795. The Balaban J connectivity index is 1.76. The third-order valence-corrected chi connectivity index (χ3v) is 5.24. The van der Waals surface area contributed by atoms with Gasteiger partial charge in [0.2, 0.25) is 0 Å². The molecule has 0 amide bonds. The van der Waals surface area contributed by atoms with E-state index >= 15 is 0 Å². The van der Waals surface area contributed by atoms with E-state index in [1.165, 1.54) is 11.1 Å². The van der Waals surface area contributed by atoms with Crippen molar-refractivity contribution in [3.63, 3.8) is 0 Å². The van der Waals surface area contributed by atoms with Crippen molar-refractivity contribution in [2.24, 2.45) is 5.92 Å². The van der Waals surface area contributed by atoms with Gasteiger partial charge in [0.05, 0.1) is 11.2 Å². The van der Waals surface area contributed by atoms with Gasteiger partial charge < -0.3 is 10.1 Å². The molecule has 1 N–H and O–H groups in total. The monoisotopic (exact) mass is 288 g/mol. The lowest BCUT2D eigenvalue weighted by Crippen LogP contribution is -2.49. The summed E-state index contributed by atoms with van der Waals surface area (Å²) in [7, 11) is 2.06. The van der Waals surface area contributed by atoms with Crippen LogP contribution in [-0.2, 0) is 17.8 Å². The van der Waals surface area contributed by atoms with Gasteiger partial charge in [-0.3, -0.25) is 4.90 Å². The second-order valence-corrected chi connectivity index (χ2v) is 7.62. The van der Waals surface area contributed by atoms with E-state index in [0.717, 1.165) is 19.6 Å². The largest absolute Gasteiger partial charge is 0.368 e. The van der Waals surface area contributed by atoms with Crippen LogP contribution >= 0.6 is 0 Å². The molecule has 1 aromatic carbocycles. The molecule has 2 unspecified atom stereocenters. The fourth-order valence-electron chi connectivity index (χ4n) is 4.39. The standard InChI is InChI=1S/C18H28N2O/c1-17(2)15(16(19-5)18(3,4)21-17)12-20-10-13-8-6-7-9-14(13)11-20/h6-9,15-16,19H,10-12H2,1-5H3. The molecule has 1 aromatic rings. The molecular weight excluding hydrogens is 260 g/mol. The maximum atomic E-state index is 6.35. The molecule has 2 aliphatic rings. The molecule has 0 radical (unpaired) electrons. The third-order valence-electron chi connectivity index (χ3n) is 5.24. The second kappa shape index (κ2) is 5.08. The minimum absolute atomic E-state index is 0.0913. The van der Waals surface area contributed by atoms with Gasteiger partial charge in [0.15, 0.2) is 0 Å². The maximum absolute atomic E-state index is 6.35. The fourth-order valence-corrected chi connectivity index (χ4v) is 4.39. The number of rotatable bonds is 3. The van der Waals surface area contributed by atoms with E-state index in [4.69, 9.17) is 4.74 Å². The molecule has 0 aliphatic carbocycles. The molecule has 2 aliphatic heterocycles. The highest BCUT2D eigenvalue weighted by atomic mass is 16.5. The van der Waals surface area contributed by atoms with Crippen LogP contribution in [0, 0.1) is 5.92 Å². The number of hydrogen-bond donors (Lipinski definition) is 1. The van der Waals surface area contributed by atoms with E-state index in [0.29, 0.717) is 12.0 Å². The molecule has 3 rings (SSSR count). The van der Waals surface area contributed by atoms with Gasteiger partial charge in [0, 0.05) is 31.6 Å². The average molecular weight is 288 g/mol. The summed E-state index contributed by atoms with van der Waals surface area (Å²) in [5, 5.41) is 3.50. The van der Waals surface area contributed by atoms with Crippen LogP contribution in [0.15, 0.2) is 24.3 Å². The van der Waals surface area contributed by atoms with Crippen LogP contribution in [0.1, 0.15) is 38.8 Å². The van der Waals surface area contributed by atoms with E-state index < -0.39 is 0 Å². The van der Waals surface area contributed by atoms with Gasteiger partial charge in [-0.1, -0.05) is 24.3 Å². The molecule has 1 fully saturated rings. The number of hydrogen-bond acceptors (Lipinski definition) is 3. The summed E-state index contributed by atoms with van der Waals surface area (Å²) in [5.74, 6) is 0.492. The summed E-state index contributed by atoms with van der Waals surface area (Å²) in [6, 6.07) is 9.18. The molecule has 21 heavy (non-hydrogen) atoms. The molecule has 3 nitrogen and oxygen atoms in total. The zero-order chi connectivity index (χ0) is 15.3. The van der Waals surface area contributed by atoms with Crippen molar-refractivity contribution in [3.8, 4) is 0 Å². The van der Waals surface area contributed by atoms with Crippen LogP contribution in [0.4, 0.5) is 0 Å². The smallest absolute Gasteiger partial charge is 0.0790 e. The maximum Gasteiger partial charge on any atom is 0.0790 e. The molecule has 0 bridgehead atoms. The highest BCUT2D eigenvalue weighted by Gasteiger charge is 2.53. The zero-order valence-corrected chi connectivity index (χ0v) is 13.9. The first-order valence-electron chi connectivity index (χ1n) is 8.00. The predicted molar refractivity (Wildman–Crippen MR) is 86.1 cm³/mol. The summed E-state index contributed by atoms with van der Waals surface area (Å²) < 4.78 is 6.35. The van der Waals surface area contributed by atoms with Gasteiger partial charge in [0.1, 0.15) is 0 Å². The zero-order valence-electron chi connectivity index (χ0n) is 13.9. The fraction of sp³-hybridized carbons (Fsp3) is 0.667. The minimum atomic E-state index is -0.116. The summed E-state index contributed by atoms with van der Waals surface area (Å²) in [6.45, 7) is 12.1. The third kappa shape index (κ3) is 2.63. The summed E-state index contributed by atoms with van der Waals surface area (Å²) in [6.07, 6.45) is 0. The van der Waals surface area contributed by atoms with Gasteiger partial charge in [0.25, 0.3) is 0 Å². The molecule has 1 saturated heterocycles.